The van der Waals surface area contributed by atoms with E-state index in [0.717, 1.165) is 135 Å². The van der Waals surface area contributed by atoms with E-state index >= 15 is 0 Å². The topological polar surface area (TPSA) is 700 Å². The van der Waals surface area contributed by atoms with Crippen molar-refractivity contribution in [3.05, 3.63) is 0 Å². The van der Waals surface area contributed by atoms with Gasteiger partial charge >= 0.3 is 42.2 Å². The fourth-order valence-corrected chi connectivity index (χ4v) is 22.3. The highest BCUT2D eigenvalue weighted by atomic mass is 16.8. The molecule has 28 N–H and O–H groups in total. The van der Waals surface area contributed by atoms with Crippen LogP contribution in [0.5, 0.6) is 0 Å². The third-order valence-corrected chi connectivity index (χ3v) is 30.4. The van der Waals surface area contributed by atoms with E-state index in [4.69, 9.17) is 66.3 Å². The van der Waals surface area contributed by atoms with Gasteiger partial charge in [-0.2, -0.15) is 0 Å². The van der Waals surface area contributed by atoms with E-state index in [9.17, 15) is 105 Å². The molecule has 21 saturated heterocycles. The summed E-state index contributed by atoms with van der Waals surface area (Å²) in [6.07, 6.45) is -46.5. The number of aliphatic hydroxyl groups excluding tert-OH is 14. The molecule has 0 aromatic heterocycles. The van der Waals surface area contributed by atoms with Crippen molar-refractivity contribution in [2.75, 3.05) is 45.8 Å². The smallest absolute Gasteiger partial charge is 0.315 e. The molecule has 140 heavy (non-hydrogen) atoms. The molecule has 49 heteroatoms. The fraction of sp³-hybridized carbons (Fsp3) is 0.923. The first-order chi connectivity index (χ1) is 67.5. The summed E-state index contributed by atoms with van der Waals surface area (Å²) in [5.41, 5.74) is 0. The Morgan fingerprint density at radius 2 is 0.264 bits per heavy atom. The van der Waals surface area contributed by atoms with Crippen LogP contribution in [0.15, 0.2) is 0 Å². The van der Waals surface area contributed by atoms with Crippen LogP contribution in [0.3, 0.4) is 0 Å². The number of amides is 14. The molecule has 28 fully saturated rings. The van der Waals surface area contributed by atoms with Crippen LogP contribution >= 0.6 is 0 Å². The Morgan fingerprint density at radius 1 is 0.157 bits per heavy atom. The number of urea groups is 7. The molecule has 49 nitrogen and oxygen atoms in total. The van der Waals surface area contributed by atoms with Crippen molar-refractivity contribution in [2.24, 2.45) is 0 Å². The van der Waals surface area contributed by atoms with Crippen LogP contribution in [-0.4, -0.2) is 417 Å². The van der Waals surface area contributed by atoms with Crippen LogP contribution in [0.4, 0.5) is 33.6 Å². The first kappa shape index (κ1) is 108. The number of ether oxygens (including phenoxy) is 14. The molecule has 35 atom stereocenters. The molecule has 21 heterocycles. The number of rotatable bonds is 21. The Kier molecular flexibility index (Phi) is 40.0. The van der Waals surface area contributed by atoms with E-state index in [-0.39, 0.29) is 42.3 Å². The fourth-order valence-electron chi connectivity index (χ4n) is 22.3. The molecule has 28 rings (SSSR count). The van der Waals surface area contributed by atoms with Crippen LogP contribution in [0, 0.1) is 0 Å². The van der Waals surface area contributed by atoms with Crippen molar-refractivity contribution in [3.8, 4) is 0 Å². The van der Waals surface area contributed by atoms with Crippen LogP contribution in [0.1, 0.15) is 225 Å². The monoisotopic (exact) mass is 2000 g/mol. The second-order valence-corrected chi connectivity index (χ2v) is 40.7. The Bertz CT molecular complexity index is 3190. The largest absolute Gasteiger partial charge is 0.387 e. The molecule has 0 aromatic carbocycles. The zero-order valence-electron chi connectivity index (χ0n) is 79.3. The minimum absolute atomic E-state index is 0.271. The quantitative estimate of drug-likeness (QED) is 0.0525. The second kappa shape index (κ2) is 51.9. The first-order valence-corrected chi connectivity index (χ1v) is 51.5. The van der Waals surface area contributed by atoms with Gasteiger partial charge in [0.1, 0.15) is 171 Å². The summed E-state index contributed by atoms with van der Waals surface area (Å²) < 4.78 is 90.9. The van der Waals surface area contributed by atoms with Gasteiger partial charge in [0, 0.05) is 88.1 Å². The van der Waals surface area contributed by atoms with Crippen LogP contribution < -0.4 is 74.4 Å². The van der Waals surface area contributed by atoms with Gasteiger partial charge in [0.15, 0.2) is 44.0 Å². The molecule has 14 amide bonds. The van der Waals surface area contributed by atoms with Gasteiger partial charge in [-0.05, 0) is 89.9 Å². The van der Waals surface area contributed by atoms with Gasteiger partial charge in [0.05, 0.1) is 0 Å². The van der Waals surface area contributed by atoms with E-state index < -0.39 is 303 Å². The number of carbonyl (C=O) groups excluding carboxylic acids is 7. The molecule has 14 bridgehead atoms. The predicted molar refractivity (Wildman–Crippen MR) is 483 cm³/mol. The summed E-state index contributed by atoms with van der Waals surface area (Å²) >= 11 is 0. The summed E-state index contributed by atoms with van der Waals surface area (Å²) in [4.78, 5) is 98.3. The molecule has 0 unspecified atom stereocenters. The average molecular weight is 2000 g/mol. The molecule has 7 saturated carbocycles. The second-order valence-electron chi connectivity index (χ2n) is 40.7. The number of carbonyl (C=O) groups is 7. The normalized spacial score (nSPS) is 40.8. The zero-order chi connectivity index (χ0) is 98.8. The van der Waals surface area contributed by atoms with E-state index in [1.165, 1.54) is 0 Å². The first-order valence-electron chi connectivity index (χ1n) is 51.5. The molecular formula is C91H154N14O35. The van der Waals surface area contributed by atoms with Crippen molar-refractivity contribution in [3.63, 3.8) is 0 Å². The molecule has 0 spiro atoms. The van der Waals surface area contributed by atoms with Crippen molar-refractivity contribution in [1.29, 1.82) is 0 Å². The third-order valence-electron chi connectivity index (χ3n) is 30.4. The van der Waals surface area contributed by atoms with E-state index in [2.05, 4.69) is 74.4 Å². The van der Waals surface area contributed by atoms with Crippen molar-refractivity contribution >= 4 is 42.2 Å². The molecule has 21 aliphatic heterocycles. The van der Waals surface area contributed by atoms with Gasteiger partial charge < -0.3 is 212 Å². The van der Waals surface area contributed by atoms with Crippen molar-refractivity contribution in [1.82, 2.24) is 74.4 Å². The standard InChI is InChI=1S/C91H154N14O35/c106-57-64(113)78-127-50(36-92-85(120)99-43-22-8-1-9-23-43)71(57)134-79-65(114)58(107)73(52(128-79)38-94-87(122)101-45-26-12-3-13-27-45)136-81-67(116)60(109)75(54(130-81)40-96-89(124)103-47-30-16-5-17-31-47)138-83-69(118)62(111)77(56(132-83)42-98-91(126)105-49-34-20-7-21-35-49)140-84-70(119)63(112)76(55(133-84)41-97-90(125)104-48-32-18-6-19-33-48)139-82-68(117)61(110)74(53(131-82)39-95-88(123)102-46-28-14-4-15-29-46)137-80-66(115)59(108)72(135-78)51(129-80)37-93-86(121)100-44-24-10-2-11-25-44/h43-84,106-119H,1-42H2,(H2,92,99,120)(H2,93,100,121)(H2,94,101,122)(H2,95,102,123)(H2,96,103,124)(H2,97,104,125)(H2,98,105,126)/t50-,51-,52-,53-,54-,55-,56-,57-,58-,59-,60-,61-,62-,63-,64-,65-,66-,67-,68-,69-,70-,71-,72-,73-,74-,75-,76-,77-,78-,79-,80-,81-,82-,83-,84-/m1/s1. The maximum atomic E-state index is 14.0. The average Bonchev–Trinajstić information content (AvgIpc) is 0.792. The Balaban J connectivity index is 0.795. The predicted octanol–water partition coefficient (Wildman–Crippen LogP) is -3.75. The van der Waals surface area contributed by atoms with Gasteiger partial charge in [-0.1, -0.05) is 135 Å². The van der Waals surface area contributed by atoms with Crippen LogP contribution in [0.25, 0.3) is 0 Å². The van der Waals surface area contributed by atoms with Gasteiger partial charge in [-0.25, -0.2) is 33.6 Å². The van der Waals surface area contributed by atoms with Gasteiger partial charge in [0.25, 0.3) is 0 Å². The van der Waals surface area contributed by atoms with Crippen LogP contribution in [-0.2, 0) is 66.3 Å². The van der Waals surface area contributed by atoms with Crippen molar-refractivity contribution in [2.45, 2.75) is 482 Å². The lowest BCUT2D eigenvalue weighted by Gasteiger charge is -2.50. The van der Waals surface area contributed by atoms with Gasteiger partial charge in [-0.15, -0.1) is 0 Å². The van der Waals surface area contributed by atoms with Crippen LogP contribution in [0.2, 0.25) is 0 Å². The third kappa shape index (κ3) is 28.6. The maximum absolute atomic E-state index is 14.0. The SMILES string of the molecule is O=C(NC[C@H]1O[C@@H]2O[C@H]3[C@H](O)[C@@H](O)[C@@H](O[C@H]4[C@H](O)[C@@H](O)[C@@H](O[C@H]5[C@H](O)[C@@H](O)[C@@H](O[C@H]6[C@H](O)[C@@H](O)[C@@H](O[C@H]7[C@H](O)[C@@H](O)[C@@H](O[C@H]8[C@H](O)[C@@H](O)[C@@H](O[C@H]1[C@H](O)[C@H]2O)O[C@@H]8CNC(=O)NC1CCCCC1)O[C@@H]7CNC(=O)NC1CCCCC1)O[C@@H]6CNC(=O)NC1CCCCC1)O[C@@H]5CNC(=O)NC1CCCCC1)O[C@@H]4CNC(=O)NC1CCCCC1)O[C@@H]3CNC(=O)NC1CCCCC1)NC1CCCCC1. The summed E-state index contributed by atoms with van der Waals surface area (Å²) in [6, 6.07) is -7.01. The highest BCUT2D eigenvalue weighted by Crippen LogP contribution is 2.41. The van der Waals surface area contributed by atoms with E-state index in [0.29, 0.717) is 89.9 Å². The number of nitrogens with one attached hydrogen (secondary N) is 14. The highest BCUT2D eigenvalue weighted by molar-refractivity contribution is 5.77. The summed E-state index contributed by atoms with van der Waals surface area (Å²) in [5.74, 6) is 0. The molecule has 0 radical (unpaired) electrons. The molecule has 0 aromatic rings. The zero-order valence-corrected chi connectivity index (χ0v) is 79.3. The summed E-state index contributed by atoms with van der Waals surface area (Å²) in [5, 5.41) is 216. The summed E-state index contributed by atoms with van der Waals surface area (Å²) in [7, 11) is 0. The van der Waals surface area contributed by atoms with Gasteiger partial charge in [-0.3, -0.25) is 0 Å². The number of hydrogen-bond donors (Lipinski definition) is 28. The summed E-state index contributed by atoms with van der Waals surface area (Å²) in [6.45, 7) is -4.46. The molecule has 28 aliphatic rings. The molecule has 798 valence electrons. The Morgan fingerprint density at radius 3 is 0.371 bits per heavy atom. The highest BCUT2D eigenvalue weighted by Gasteiger charge is 2.61. The minimum Gasteiger partial charge on any atom is -0.387 e. The Hall–Kier alpha value is -6.23. The van der Waals surface area contributed by atoms with E-state index in [1.807, 2.05) is 0 Å². The maximum Gasteiger partial charge on any atom is 0.315 e. The lowest BCUT2D eigenvalue weighted by molar-refractivity contribution is -0.391. The molecular weight excluding hydrogens is 1850 g/mol. The Labute approximate surface area is 812 Å². The lowest BCUT2D eigenvalue weighted by Crippen LogP contribution is -2.69. The minimum atomic E-state index is -2.32. The molecule has 7 aliphatic carbocycles. The lowest BCUT2D eigenvalue weighted by atomic mass is 9.94. The van der Waals surface area contributed by atoms with E-state index in [1.54, 1.807) is 0 Å². The number of aliphatic hydroxyl groups is 14. The van der Waals surface area contributed by atoms with Gasteiger partial charge in [0.2, 0.25) is 0 Å². The van der Waals surface area contributed by atoms with Crippen molar-refractivity contribution < 1.29 is 171 Å². The number of hydrogen-bond acceptors (Lipinski definition) is 35.